The molecule has 0 aliphatic rings. The van der Waals surface area contributed by atoms with Crippen molar-refractivity contribution in [3.63, 3.8) is 0 Å². The molecule has 80 valence electrons. The summed E-state index contributed by atoms with van der Waals surface area (Å²) >= 11 is 0. The predicted octanol–water partition coefficient (Wildman–Crippen LogP) is 2.11. The molecular weight excluding hydrogens is 199 g/mol. The number of hydrogen-bond acceptors (Lipinski definition) is 3. The van der Waals surface area contributed by atoms with E-state index in [-0.39, 0.29) is 18.1 Å². The van der Waals surface area contributed by atoms with Gasteiger partial charge in [-0.2, -0.15) is 0 Å². The van der Waals surface area contributed by atoms with Crippen LogP contribution in [0.2, 0.25) is 0 Å². The van der Waals surface area contributed by atoms with E-state index in [2.05, 4.69) is 4.74 Å². The van der Waals surface area contributed by atoms with E-state index in [1.807, 2.05) is 0 Å². The Labute approximate surface area is 86.8 Å². The largest absolute Gasteiger partial charge is 0.508 e. The number of rotatable bonds is 3. The van der Waals surface area contributed by atoms with Crippen molar-refractivity contribution in [2.45, 2.75) is 6.42 Å². The zero-order valence-corrected chi connectivity index (χ0v) is 8.24. The average Bonchev–Trinajstić information content (AvgIpc) is 2.16. The molecule has 0 unspecified atom stereocenters. The van der Waals surface area contributed by atoms with E-state index in [0.717, 1.165) is 6.07 Å². The quantitative estimate of drug-likeness (QED) is 0.777. The first-order chi connectivity index (χ1) is 7.11. The Morgan fingerprint density at radius 1 is 1.53 bits per heavy atom. The summed E-state index contributed by atoms with van der Waals surface area (Å²) in [5.74, 6) is -1.03. The number of methoxy groups -OCH3 is 1. The summed E-state index contributed by atoms with van der Waals surface area (Å²) < 4.78 is 17.2. The number of ether oxygens (including phenoxy) is 1. The van der Waals surface area contributed by atoms with Crippen molar-refractivity contribution in [1.29, 1.82) is 0 Å². The van der Waals surface area contributed by atoms with Crippen LogP contribution in [0.25, 0.3) is 6.08 Å². The fourth-order valence-electron chi connectivity index (χ4n) is 1.07. The van der Waals surface area contributed by atoms with Crippen molar-refractivity contribution < 1.29 is 19.0 Å². The van der Waals surface area contributed by atoms with Crippen molar-refractivity contribution in [1.82, 2.24) is 0 Å². The molecule has 0 heterocycles. The fourth-order valence-corrected chi connectivity index (χ4v) is 1.07. The van der Waals surface area contributed by atoms with Crippen LogP contribution in [-0.4, -0.2) is 18.2 Å². The summed E-state index contributed by atoms with van der Waals surface area (Å²) in [6, 6.07) is 3.67. The van der Waals surface area contributed by atoms with Gasteiger partial charge in [-0.1, -0.05) is 12.2 Å². The molecule has 0 spiro atoms. The fraction of sp³-hybridized carbons (Fsp3) is 0.182. The molecule has 0 fully saturated rings. The molecule has 0 radical (unpaired) electrons. The second kappa shape index (κ2) is 5.14. The van der Waals surface area contributed by atoms with E-state index in [0.29, 0.717) is 5.56 Å². The molecule has 0 aliphatic carbocycles. The maximum absolute atomic E-state index is 12.8. The summed E-state index contributed by atoms with van der Waals surface area (Å²) in [4.78, 5) is 10.7. The molecule has 0 aromatic heterocycles. The van der Waals surface area contributed by atoms with Crippen molar-refractivity contribution in [2.75, 3.05) is 7.11 Å². The van der Waals surface area contributed by atoms with Crippen molar-refractivity contribution in [3.8, 4) is 5.75 Å². The monoisotopic (exact) mass is 210 g/mol. The highest BCUT2D eigenvalue weighted by molar-refractivity contribution is 5.72. The summed E-state index contributed by atoms with van der Waals surface area (Å²) in [5.41, 5.74) is 0.497. The first-order valence-electron chi connectivity index (χ1n) is 4.34. The molecule has 0 atom stereocenters. The Bertz CT molecular complexity index is 365. The van der Waals surface area contributed by atoms with Gasteiger partial charge in [0.2, 0.25) is 0 Å². The van der Waals surface area contributed by atoms with Crippen LogP contribution in [0, 0.1) is 5.82 Å². The Balaban J connectivity index is 2.68. The molecule has 0 aliphatic heterocycles. The minimum absolute atomic E-state index is 0.119. The number of halogens is 1. The minimum Gasteiger partial charge on any atom is -0.508 e. The molecule has 4 heteroatoms. The van der Waals surface area contributed by atoms with Gasteiger partial charge >= 0.3 is 5.97 Å². The molecule has 1 aromatic carbocycles. The number of esters is 1. The summed E-state index contributed by atoms with van der Waals surface area (Å²) in [5, 5.41) is 9.08. The van der Waals surface area contributed by atoms with Crippen LogP contribution in [0.1, 0.15) is 12.0 Å². The van der Waals surface area contributed by atoms with E-state index in [1.165, 1.54) is 19.2 Å². The Kier molecular flexibility index (Phi) is 3.85. The van der Waals surface area contributed by atoms with E-state index in [9.17, 15) is 9.18 Å². The number of phenolic OH excluding ortho intramolecular Hbond substituents is 1. The molecule has 15 heavy (non-hydrogen) atoms. The highest BCUT2D eigenvalue weighted by atomic mass is 19.1. The number of aromatic hydroxyl groups is 1. The van der Waals surface area contributed by atoms with Crippen molar-refractivity contribution in [2.24, 2.45) is 0 Å². The van der Waals surface area contributed by atoms with E-state index < -0.39 is 5.82 Å². The standard InChI is InChI=1S/C11H11FO3/c1-15-11(14)4-2-3-8-5-9(12)7-10(13)6-8/h2-3,5-7,13H,4H2,1H3. The van der Waals surface area contributed by atoms with Crippen LogP contribution in [0.4, 0.5) is 4.39 Å². The number of hydrogen-bond donors (Lipinski definition) is 1. The minimum atomic E-state index is -0.521. The third-order valence-corrected chi connectivity index (χ3v) is 1.73. The SMILES string of the molecule is COC(=O)CC=Cc1cc(O)cc(F)c1. The third kappa shape index (κ3) is 3.81. The molecule has 0 amide bonds. The highest BCUT2D eigenvalue weighted by Gasteiger charge is 1.97. The first kappa shape index (κ1) is 11.2. The molecule has 1 aromatic rings. The van der Waals surface area contributed by atoms with Gasteiger partial charge in [0.15, 0.2) is 0 Å². The lowest BCUT2D eigenvalue weighted by molar-refractivity contribution is -0.139. The Morgan fingerprint density at radius 3 is 2.87 bits per heavy atom. The van der Waals surface area contributed by atoms with Crippen LogP contribution in [0.3, 0.4) is 0 Å². The summed E-state index contributed by atoms with van der Waals surface area (Å²) in [7, 11) is 1.30. The second-order valence-corrected chi connectivity index (χ2v) is 2.93. The number of benzene rings is 1. The molecular formula is C11H11FO3. The third-order valence-electron chi connectivity index (χ3n) is 1.73. The highest BCUT2D eigenvalue weighted by Crippen LogP contribution is 2.15. The number of carbonyl (C=O) groups excluding carboxylic acids is 1. The lowest BCUT2D eigenvalue weighted by Gasteiger charge is -1.96. The van der Waals surface area contributed by atoms with Crippen LogP contribution in [0.5, 0.6) is 5.75 Å². The lowest BCUT2D eigenvalue weighted by Crippen LogP contribution is -1.96. The van der Waals surface area contributed by atoms with Gasteiger partial charge in [-0.25, -0.2) is 4.39 Å². The molecule has 3 nitrogen and oxygen atoms in total. The second-order valence-electron chi connectivity index (χ2n) is 2.93. The van der Waals surface area contributed by atoms with Crippen molar-refractivity contribution >= 4 is 12.0 Å². The normalized spacial score (nSPS) is 10.5. The van der Waals surface area contributed by atoms with Gasteiger partial charge in [-0.3, -0.25) is 4.79 Å². The average molecular weight is 210 g/mol. The van der Waals surface area contributed by atoms with Gasteiger partial charge < -0.3 is 9.84 Å². The summed E-state index contributed by atoms with van der Waals surface area (Å²) in [6.07, 6.45) is 3.20. The summed E-state index contributed by atoms with van der Waals surface area (Å²) in [6.45, 7) is 0. The topological polar surface area (TPSA) is 46.5 Å². The van der Waals surface area contributed by atoms with Crippen LogP contribution < -0.4 is 0 Å². The van der Waals surface area contributed by atoms with Gasteiger partial charge in [-0.05, 0) is 17.7 Å². The van der Waals surface area contributed by atoms with Crippen LogP contribution in [-0.2, 0) is 9.53 Å². The maximum atomic E-state index is 12.8. The van der Waals surface area contributed by atoms with Gasteiger partial charge in [0.05, 0.1) is 13.5 Å². The molecule has 1 rings (SSSR count). The van der Waals surface area contributed by atoms with Crippen molar-refractivity contribution in [3.05, 3.63) is 35.7 Å². The van der Waals surface area contributed by atoms with E-state index in [4.69, 9.17) is 5.11 Å². The molecule has 1 N–H and O–H groups in total. The van der Waals surface area contributed by atoms with Gasteiger partial charge in [0.25, 0.3) is 0 Å². The zero-order chi connectivity index (χ0) is 11.3. The number of carbonyl (C=O) groups is 1. The smallest absolute Gasteiger partial charge is 0.309 e. The van der Waals surface area contributed by atoms with E-state index >= 15 is 0 Å². The number of phenols is 1. The lowest BCUT2D eigenvalue weighted by atomic mass is 10.2. The Morgan fingerprint density at radius 2 is 2.27 bits per heavy atom. The zero-order valence-electron chi connectivity index (χ0n) is 8.24. The van der Waals surface area contributed by atoms with Gasteiger partial charge in [0, 0.05) is 6.07 Å². The Hall–Kier alpha value is -1.84. The van der Waals surface area contributed by atoms with Gasteiger partial charge in [0.1, 0.15) is 11.6 Å². The van der Waals surface area contributed by atoms with Gasteiger partial charge in [-0.15, -0.1) is 0 Å². The predicted molar refractivity (Wildman–Crippen MR) is 53.7 cm³/mol. The maximum Gasteiger partial charge on any atom is 0.309 e. The van der Waals surface area contributed by atoms with Crippen LogP contribution in [0.15, 0.2) is 24.3 Å². The van der Waals surface area contributed by atoms with Crippen LogP contribution >= 0.6 is 0 Å². The molecule has 0 saturated heterocycles. The molecule has 0 bridgehead atoms. The molecule has 0 saturated carbocycles. The van der Waals surface area contributed by atoms with E-state index in [1.54, 1.807) is 12.2 Å². The first-order valence-corrected chi connectivity index (χ1v) is 4.34.